The van der Waals surface area contributed by atoms with Crippen LogP contribution in [0.3, 0.4) is 0 Å². The van der Waals surface area contributed by atoms with Crippen molar-refractivity contribution in [3.63, 3.8) is 0 Å². The van der Waals surface area contributed by atoms with E-state index in [1.165, 1.54) is 11.3 Å². The first-order chi connectivity index (χ1) is 10.7. The number of aryl methyl sites for hydroxylation is 1. The third-order valence-corrected chi connectivity index (χ3v) is 4.43. The van der Waals surface area contributed by atoms with E-state index in [-0.39, 0.29) is 0 Å². The average molecular weight is 308 g/mol. The zero-order valence-electron chi connectivity index (χ0n) is 15.3. The first kappa shape index (κ1) is 18.9. The van der Waals surface area contributed by atoms with Crippen molar-refractivity contribution in [1.82, 2.24) is 0 Å². The Morgan fingerprint density at radius 3 is 2.35 bits per heavy atom. The maximum absolute atomic E-state index is 4.31. The van der Waals surface area contributed by atoms with E-state index in [9.17, 15) is 0 Å². The minimum absolute atomic E-state index is 0.859. The fraction of sp³-hybridized carbons (Fsp3) is 0.273. The van der Waals surface area contributed by atoms with Gasteiger partial charge in [-0.2, -0.15) is 0 Å². The second kappa shape index (κ2) is 7.94. The van der Waals surface area contributed by atoms with Gasteiger partial charge in [0.15, 0.2) is 0 Å². The molecule has 0 amide bonds. The van der Waals surface area contributed by atoms with Crippen molar-refractivity contribution >= 4 is 11.1 Å². The number of benzene rings is 1. The Hall–Kier alpha value is -2.12. The number of nitrogens with zero attached hydrogens (tertiary/aromatic N) is 1. The summed E-state index contributed by atoms with van der Waals surface area (Å²) in [6, 6.07) is 6.41. The summed E-state index contributed by atoms with van der Waals surface area (Å²) in [5, 5.41) is 0. The van der Waals surface area contributed by atoms with Crippen molar-refractivity contribution in [2.24, 2.45) is 0 Å². The summed E-state index contributed by atoms with van der Waals surface area (Å²) in [7, 11) is 4.42. The van der Waals surface area contributed by atoms with Crippen molar-refractivity contribution < 1.29 is 4.48 Å². The molecule has 1 nitrogen and oxygen atoms in total. The molecular formula is C22H30N+. The van der Waals surface area contributed by atoms with Gasteiger partial charge in [-0.1, -0.05) is 61.7 Å². The lowest BCUT2D eigenvalue weighted by Crippen LogP contribution is -2.36. The highest BCUT2D eigenvalue weighted by molar-refractivity contribution is 5.85. The van der Waals surface area contributed by atoms with Gasteiger partial charge >= 0.3 is 0 Å². The van der Waals surface area contributed by atoms with Gasteiger partial charge in [-0.15, -0.1) is 0 Å². The lowest BCUT2D eigenvalue weighted by Gasteiger charge is -2.28. The highest BCUT2D eigenvalue weighted by Crippen LogP contribution is 2.28. The molecule has 1 rings (SSSR count). The highest BCUT2D eigenvalue weighted by atomic mass is 15.3. The Kier molecular flexibility index (Phi) is 6.53. The summed E-state index contributed by atoms with van der Waals surface area (Å²) in [6.45, 7) is 19.7. The molecule has 0 aliphatic carbocycles. The Balaban J connectivity index is 3.31. The SMILES string of the molecule is C=C/C=C\C(=C)c1ccc(C)cc1C(=C)C=C(C)[N+](C)(C)CC. The highest BCUT2D eigenvalue weighted by Gasteiger charge is 2.16. The third-order valence-electron chi connectivity index (χ3n) is 4.43. The van der Waals surface area contributed by atoms with Crippen molar-refractivity contribution in [1.29, 1.82) is 0 Å². The van der Waals surface area contributed by atoms with Gasteiger partial charge in [0.05, 0.1) is 20.6 Å². The lowest BCUT2D eigenvalue weighted by molar-refractivity contribution is -0.850. The zero-order chi connectivity index (χ0) is 17.6. The Labute approximate surface area is 142 Å². The molecule has 0 aromatic heterocycles. The number of allylic oxidation sites excluding steroid dienone is 7. The summed E-state index contributed by atoms with van der Waals surface area (Å²) >= 11 is 0. The summed E-state index contributed by atoms with van der Waals surface area (Å²) < 4.78 is 0.859. The van der Waals surface area contributed by atoms with Crippen LogP contribution in [0.15, 0.2) is 67.9 Å². The van der Waals surface area contributed by atoms with E-state index in [1.54, 1.807) is 6.08 Å². The molecule has 0 heterocycles. The molecule has 0 aliphatic rings. The Bertz CT molecular complexity index is 669. The molecule has 0 unspecified atom stereocenters. The van der Waals surface area contributed by atoms with Crippen LogP contribution in [0.5, 0.6) is 0 Å². The van der Waals surface area contributed by atoms with Crippen LogP contribution in [0.2, 0.25) is 0 Å². The maximum atomic E-state index is 4.31. The number of hydrogen-bond acceptors (Lipinski definition) is 0. The molecule has 1 aromatic rings. The minimum Gasteiger partial charge on any atom is -0.300 e. The molecule has 23 heavy (non-hydrogen) atoms. The predicted octanol–water partition coefficient (Wildman–Crippen LogP) is 5.76. The molecule has 0 spiro atoms. The second-order valence-electron chi connectivity index (χ2n) is 6.48. The molecule has 0 N–H and O–H groups in total. The number of hydrogen-bond donors (Lipinski definition) is 0. The molecule has 0 radical (unpaired) electrons. The van der Waals surface area contributed by atoms with E-state index < -0.39 is 0 Å². The molecule has 0 atom stereocenters. The zero-order valence-corrected chi connectivity index (χ0v) is 15.3. The number of quaternary nitrogens is 1. The standard InChI is InChI=1S/C22H30N/c1-9-11-12-18(4)21-14-13-17(3)15-22(21)19(5)16-20(6)23(7,8)10-2/h9,11-16H,1,4-5,10H2,2-3,6-8H3/q+1/b12-11-,20-16?. The predicted molar refractivity (Wildman–Crippen MR) is 105 cm³/mol. The average Bonchev–Trinajstić information content (AvgIpc) is 2.52. The molecule has 0 saturated heterocycles. The van der Waals surface area contributed by atoms with Crippen LogP contribution in [0.1, 0.15) is 30.5 Å². The largest absolute Gasteiger partial charge is 0.300 e. The van der Waals surface area contributed by atoms with E-state index >= 15 is 0 Å². The fourth-order valence-corrected chi connectivity index (χ4v) is 2.23. The molecule has 0 bridgehead atoms. The summed E-state index contributed by atoms with van der Waals surface area (Å²) in [5.41, 5.74) is 6.76. The van der Waals surface area contributed by atoms with Crippen LogP contribution in [0.4, 0.5) is 0 Å². The van der Waals surface area contributed by atoms with Crippen molar-refractivity contribution in [2.75, 3.05) is 20.6 Å². The van der Waals surface area contributed by atoms with Crippen LogP contribution in [0, 0.1) is 6.92 Å². The smallest absolute Gasteiger partial charge is 0.106 e. The van der Waals surface area contributed by atoms with Gasteiger partial charge in [0.1, 0.15) is 5.70 Å². The summed E-state index contributed by atoms with van der Waals surface area (Å²) in [6.07, 6.45) is 7.84. The van der Waals surface area contributed by atoms with Gasteiger partial charge in [-0.3, -0.25) is 0 Å². The van der Waals surface area contributed by atoms with Gasteiger partial charge in [0.2, 0.25) is 0 Å². The van der Waals surface area contributed by atoms with Crippen LogP contribution in [-0.2, 0) is 0 Å². The van der Waals surface area contributed by atoms with Crippen molar-refractivity contribution in [3.05, 3.63) is 84.6 Å². The van der Waals surface area contributed by atoms with E-state index in [0.29, 0.717) is 0 Å². The van der Waals surface area contributed by atoms with E-state index in [0.717, 1.165) is 33.3 Å². The quantitative estimate of drug-likeness (QED) is 0.443. The Morgan fingerprint density at radius 1 is 1.13 bits per heavy atom. The topological polar surface area (TPSA) is 0 Å². The van der Waals surface area contributed by atoms with Crippen LogP contribution in [0.25, 0.3) is 11.1 Å². The van der Waals surface area contributed by atoms with Gasteiger partial charge in [-0.25, -0.2) is 0 Å². The molecular weight excluding hydrogens is 278 g/mol. The molecule has 0 fully saturated rings. The summed E-state index contributed by atoms with van der Waals surface area (Å²) in [5.74, 6) is 0. The number of rotatable bonds is 7. The Morgan fingerprint density at radius 2 is 1.78 bits per heavy atom. The van der Waals surface area contributed by atoms with E-state index in [4.69, 9.17) is 0 Å². The van der Waals surface area contributed by atoms with Gasteiger partial charge in [0, 0.05) is 13.0 Å². The lowest BCUT2D eigenvalue weighted by atomic mass is 9.93. The third kappa shape index (κ3) is 4.94. The van der Waals surface area contributed by atoms with Gasteiger partial charge < -0.3 is 4.48 Å². The molecule has 1 aromatic carbocycles. The first-order valence-electron chi connectivity index (χ1n) is 8.03. The molecule has 1 heteroatoms. The van der Waals surface area contributed by atoms with E-state index in [1.807, 2.05) is 12.2 Å². The van der Waals surface area contributed by atoms with Gasteiger partial charge in [-0.05, 0) is 36.1 Å². The molecule has 0 saturated carbocycles. The fourth-order valence-electron chi connectivity index (χ4n) is 2.23. The van der Waals surface area contributed by atoms with Crippen molar-refractivity contribution in [3.8, 4) is 0 Å². The molecule has 122 valence electrons. The second-order valence-corrected chi connectivity index (χ2v) is 6.48. The minimum atomic E-state index is 0.859. The van der Waals surface area contributed by atoms with E-state index in [2.05, 4.69) is 78.9 Å². The maximum Gasteiger partial charge on any atom is 0.106 e. The van der Waals surface area contributed by atoms with Crippen LogP contribution in [-0.4, -0.2) is 25.1 Å². The monoisotopic (exact) mass is 308 g/mol. The van der Waals surface area contributed by atoms with Gasteiger partial charge in [0.25, 0.3) is 0 Å². The first-order valence-corrected chi connectivity index (χ1v) is 8.03. The van der Waals surface area contributed by atoms with Crippen molar-refractivity contribution in [2.45, 2.75) is 20.8 Å². The van der Waals surface area contributed by atoms with Crippen LogP contribution < -0.4 is 0 Å². The summed E-state index contributed by atoms with van der Waals surface area (Å²) in [4.78, 5) is 0. The van der Waals surface area contributed by atoms with Crippen LogP contribution >= 0.6 is 0 Å². The molecule has 0 aliphatic heterocycles. The normalized spacial score (nSPS) is 12.5.